The second-order valence-corrected chi connectivity index (χ2v) is 5.80. The maximum absolute atomic E-state index is 12.6. The van der Waals surface area contributed by atoms with Crippen LogP contribution in [0.4, 0.5) is 0 Å². The highest BCUT2D eigenvalue weighted by Gasteiger charge is 2.34. The number of pyridine rings is 1. The first-order valence-corrected chi connectivity index (χ1v) is 7.42. The van der Waals surface area contributed by atoms with E-state index in [2.05, 4.69) is 4.98 Å². The lowest BCUT2D eigenvalue weighted by molar-refractivity contribution is -0.141. The summed E-state index contributed by atoms with van der Waals surface area (Å²) >= 11 is 0. The molecule has 0 bridgehead atoms. The summed E-state index contributed by atoms with van der Waals surface area (Å²) in [6.07, 6.45) is 2.28. The van der Waals surface area contributed by atoms with E-state index >= 15 is 0 Å². The van der Waals surface area contributed by atoms with E-state index in [0.717, 1.165) is 4.57 Å². The van der Waals surface area contributed by atoms with Crippen molar-refractivity contribution in [3.05, 3.63) is 38.7 Å². The van der Waals surface area contributed by atoms with Crippen LogP contribution in [0, 0.1) is 0 Å². The van der Waals surface area contributed by atoms with Gasteiger partial charge in [-0.2, -0.15) is 0 Å². The second kappa shape index (κ2) is 5.59. The van der Waals surface area contributed by atoms with Gasteiger partial charge in [0.05, 0.1) is 10.9 Å². The Balaban J connectivity index is 2.12. The molecule has 24 heavy (non-hydrogen) atoms. The van der Waals surface area contributed by atoms with E-state index in [1.54, 1.807) is 0 Å². The molecule has 0 aromatic carbocycles. The lowest BCUT2D eigenvalue weighted by Crippen LogP contribution is -2.41. The molecule has 126 valence electrons. The standard InChI is InChI=1S/C15H16N4O5/c1-17-11-9(13(21)18(2)15(17)24)6-8(7-16-11)12(20)19-5-3-4-10(19)14(22)23/h6-7,10H,3-5H2,1-2H3,(H,22,23)/t10-/m1/s1. The van der Waals surface area contributed by atoms with Gasteiger partial charge < -0.3 is 10.0 Å². The van der Waals surface area contributed by atoms with Gasteiger partial charge in [-0.05, 0) is 18.9 Å². The molecule has 1 atom stereocenters. The van der Waals surface area contributed by atoms with Crippen LogP contribution in [0.25, 0.3) is 11.0 Å². The van der Waals surface area contributed by atoms with Crippen LogP contribution in [0.15, 0.2) is 21.9 Å². The van der Waals surface area contributed by atoms with Crippen LogP contribution >= 0.6 is 0 Å². The highest BCUT2D eigenvalue weighted by Crippen LogP contribution is 2.20. The summed E-state index contributed by atoms with van der Waals surface area (Å²) in [6, 6.07) is 0.500. The van der Waals surface area contributed by atoms with Crippen molar-refractivity contribution in [2.24, 2.45) is 14.1 Å². The Labute approximate surface area is 135 Å². The number of nitrogens with zero attached hydrogens (tertiary/aromatic N) is 4. The average molecular weight is 332 g/mol. The maximum Gasteiger partial charge on any atom is 0.332 e. The quantitative estimate of drug-likeness (QED) is 0.779. The number of amides is 1. The smallest absolute Gasteiger partial charge is 0.332 e. The van der Waals surface area contributed by atoms with E-state index in [4.69, 9.17) is 0 Å². The van der Waals surface area contributed by atoms with Crippen LogP contribution < -0.4 is 11.2 Å². The number of rotatable bonds is 2. The predicted molar refractivity (Wildman–Crippen MR) is 83.9 cm³/mol. The van der Waals surface area contributed by atoms with Gasteiger partial charge in [0.25, 0.3) is 11.5 Å². The van der Waals surface area contributed by atoms with Crippen molar-refractivity contribution < 1.29 is 14.7 Å². The van der Waals surface area contributed by atoms with E-state index in [1.165, 1.54) is 35.8 Å². The van der Waals surface area contributed by atoms with Gasteiger partial charge in [-0.15, -0.1) is 0 Å². The molecular weight excluding hydrogens is 316 g/mol. The lowest BCUT2D eigenvalue weighted by Gasteiger charge is -2.21. The van der Waals surface area contributed by atoms with Crippen LogP contribution in [0.3, 0.4) is 0 Å². The van der Waals surface area contributed by atoms with Gasteiger partial charge in [0.15, 0.2) is 0 Å². The monoisotopic (exact) mass is 332 g/mol. The normalized spacial score (nSPS) is 17.4. The Morgan fingerprint density at radius 2 is 1.96 bits per heavy atom. The van der Waals surface area contributed by atoms with Gasteiger partial charge in [-0.3, -0.25) is 18.7 Å². The molecule has 2 aromatic heterocycles. The molecular formula is C15H16N4O5. The number of carbonyl (C=O) groups excluding carboxylic acids is 1. The fourth-order valence-electron chi connectivity index (χ4n) is 3.01. The minimum Gasteiger partial charge on any atom is -0.480 e. The summed E-state index contributed by atoms with van der Waals surface area (Å²) in [7, 11) is 2.83. The average Bonchev–Trinajstić information content (AvgIpc) is 3.06. The molecule has 0 radical (unpaired) electrons. The summed E-state index contributed by atoms with van der Waals surface area (Å²) in [5.74, 6) is -1.53. The number of hydrogen-bond acceptors (Lipinski definition) is 5. The van der Waals surface area contributed by atoms with Crippen LogP contribution in [0.2, 0.25) is 0 Å². The van der Waals surface area contributed by atoms with Crippen LogP contribution in [-0.2, 0) is 18.9 Å². The van der Waals surface area contributed by atoms with E-state index in [9.17, 15) is 24.3 Å². The molecule has 1 aliphatic heterocycles. The number of likely N-dealkylation sites (tertiary alicyclic amines) is 1. The van der Waals surface area contributed by atoms with Gasteiger partial charge in [-0.1, -0.05) is 0 Å². The fraction of sp³-hybridized carbons (Fsp3) is 0.400. The number of carboxylic acids is 1. The Hall–Kier alpha value is -2.97. The first-order valence-electron chi connectivity index (χ1n) is 7.42. The summed E-state index contributed by atoms with van der Waals surface area (Å²) in [5.41, 5.74) is -0.752. The number of hydrogen-bond donors (Lipinski definition) is 1. The zero-order valence-corrected chi connectivity index (χ0v) is 13.2. The van der Waals surface area contributed by atoms with Crippen molar-refractivity contribution in [1.29, 1.82) is 0 Å². The fourth-order valence-corrected chi connectivity index (χ4v) is 3.01. The number of aliphatic carboxylic acids is 1. The van der Waals surface area contributed by atoms with Crippen molar-refractivity contribution in [3.8, 4) is 0 Å². The molecule has 1 saturated heterocycles. The van der Waals surface area contributed by atoms with Crippen LogP contribution in [0.1, 0.15) is 23.2 Å². The molecule has 1 fully saturated rings. The van der Waals surface area contributed by atoms with Crippen molar-refractivity contribution in [2.45, 2.75) is 18.9 Å². The van der Waals surface area contributed by atoms with Gasteiger partial charge in [-0.25, -0.2) is 14.6 Å². The molecule has 0 unspecified atom stereocenters. The maximum atomic E-state index is 12.6. The largest absolute Gasteiger partial charge is 0.480 e. The third-order valence-corrected chi connectivity index (χ3v) is 4.34. The first-order chi connectivity index (χ1) is 11.3. The summed E-state index contributed by atoms with van der Waals surface area (Å²) in [5, 5.41) is 9.33. The van der Waals surface area contributed by atoms with E-state index in [1.807, 2.05) is 0 Å². The lowest BCUT2D eigenvalue weighted by atomic mass is 10.1. The SMILES string of the molecule is Cn1c(=O)c2cc(C(=O)N3CCC[C@@H]3C(=O)O)cnc2n(C)c1=O. The molecule has 9 nitrogen and oxygen atoms in total. The molecule has 2 aromatic rings. The van der Waals surface area contributed by atoms with Gasteiger partial charge >= 0.3 is 11.7 Å². The third kappa shape index (κ3) is 2.29. The van der Waals surface area contributed by atoms with E-state index in [-0.39, 0.29) is 16.6 Å². The van der Waals surface area contributed by atoms with Gasteiger partial charge in [0.2, 0.25) is 0 Å². The summed E-state index contributed by atoms with van der Waals surface area (Å²) in [6.45, 7) is 0.346. The van der Waals surface area contributed by atoms with E-state index in [0.29, 0.717) is 19.4 Å². The van der Waals surface area contributed by atoms with E-state index < -0.39 is 29.2 Å². The second-order valence-electron chi connectivity index (χ2n) is 5.80. The Kier molecular flexibility index (Phi) is 3.70. The molecule has 1 amide bonds. The summed E-state index contributed by atoms with van der Waals surface area (Å²) < 4.78 is 2.16. The predicted octanol–water partition coefficient (Wildman–Crippen LogP) is -0.679. The van der Waals surface area contributed by atoms with Crippen LogP contribution in [0.5, 0.6) is 0 Å². The molecule has 3 heterocycles. The summed E-state index contributed by atoms with van der Waals surface area (Å²) in [4.78, 5) is 53.3. The zero-order valence-electron chi connectivity index (χ0n) is 13.2. The Bertz CT molecular complexity index is 974. The number of carboxylic acid groups (broad SMARTS) is 1. The van der Waals surface area contributed by atoms with Crippen molar-refractivity contribution >= 4 is 22.9 Å². The van der Waals surface area contributed by atoms with Gasteiger partial charge in [0.1, 0.15) is 11.7 Å². The highest BCUT2D eigenvalue weighted by atomic mass is 16.4. The molecule has 1 aliphatic rings. The van der Waals surface area contributed by atoms with Crippen molar-refractivity contribution in [3.63, 3.8) is 0 Å². The number of aryl methyl sites for hydroxylation is 1. The molecule has 0 spiro atoms. The number of aromatic nitrogens is 3. The molecule has 0 saturated carbocycles. The minimum absolute atomic E-state index is 0.131. The molecule has 1 N–H and O–H groups in total. The molecule has 9 heteroatoms. The van der Waals surface area contributed by atoms with Crippen molar-refractivity contribution in [2.75, 3.05) is 6.54 Å². The first kappa shape index (κ1) is 15.9. The third-order valence-electron chi connectivity index (χ3n) is 4.34. The Morgan fingerprint density at radius 3 is 2.62 bits per heavy atom. The zero-order chi connectivity index (χ0) is 17.6. The Morgan fingerprint density at radius 1 is 1.25 bits per heavy atom. The molecule has 0 aliphatic carbocycles. The topological polar surface area (TPSA) is 114 Å². The van der Waals surface area contributed by atoms with Crippen LogP contribution in [-0.4, -0.2) is 48.6 Å². The minimum atomic E-state index is -1.05. The molecule has 3 rings (SSSR count). The highest BCUT2D eigenvalue weighted by molar-refractivity contribution is 5.98. The van der Waals surface area contributed by atoms with Gasteiger partial charge in [0, 0.05) is 26.8 Å². The van der Waals surface area contributed by atoms with Crippen molar-refractivity contribution in [1.82, 2.24) is 19.0 Å². The number of carbonyl (C=O) groups is 2. The number of fused-ring (bicyclic) bond motifs is 1.